The van der Waals surface area contributed by atoms with Crippen molar-refractivity contribution in [1.82, 2.24) is 9.47 Å². The fraction of sp³-hybridized carbons (Fsp3) is 0.583. The molecule has 0 fully saturated rings. The maximum Gasteiger partial charge on any atom is 0.166 e. The van der Waals surface area contributed by atoms with Crippen LogP contribution in [0.15, 0.2) is 18.3 Å². The highest BCUT2D eigenvalue weighted by Gasteiger charge is 2.06. The molecule has 15 heavy (non-hydrogen) atoms. The Morgan fingerprint density at radius 3 is 2.93 bits per heavy atom. The molecule has 0 radical (unpaired) electrons. The van der Waals surface area contributed by atoms with Gasteiger partial charge in [0.1, 0.15) is 0 Å². The summed E-state index contributed by atoms with van der Waals surface area (Å²) in [6, 6.07) is 4.35. The van der Waals surface area contributed by atoms with Crippen LogP contribution in [-0.2, 0) is 6.54 Å². The molecule has 3 heteroatoms. The summed E-state index contributed by atoms with van der Waals surface area (Å²) in [6.07, 6.45) is 4.01. The average molecular weight is 208 g/mol. The molecule has 0 amide bonds. The van der Waals surface area contributed by atoms with E-state index in [9.17, 15) is 4.79 Å². The number of nitrogens with zero attached hydrogens (tertiary/aromatic N) is 2. The number of aldehydes is 1. The molecule has 1 heterocycles. The third kappa shape index (κ3) is 3.20. The molecule has 1 atom stereocenters. The lowest BCUT2D eigenvalue weighted by atomic mass is 10.2. The molecule has 3 nitrogen and oxygen atoms in total. The normalized spacial score (nSPS) is 13.1. The Labute approximate surface area is 91.7 Å². The minimum absolute atomic E-state index is 0.597. The standard InChI is InChI=1S/C12H20N2O/c1-4-11(2)13(3)8-9-14-7-5-6-12(14)10-15/h5-7,10-11H,4,8-9H2,1-3H3. The average Bonchev–Trinajstić information content (AvgIpc) is 2.71. The van der Waals surface area contributed by atoms with Crippen LogP contribution in [0.3, 0.4) is 0 Å². The van der Waals surface area contributed by atoms with Crippen LogP contribution in [0.2, 0.25) is 0 Å². The van der Waals surface area contributed by atoms with Gasteiger partial charge in [0.05, 0.1) is 5.69 Å². The first kappa shape index (κ1) is 12.0. The highest BCUT2D eigenvalue weighted by molar-refractivity contribution is 5.72. The summed E-state index contributed by atoms with van der Waals surface area (Å²) in [5.41, 5.74) is 0.757. The molecule has 0 saturated heterocycles. The van der Waals surface area contributed by atoms with E-state index in [0.717, 1.165) is 31.5 Å². The SMILES string of the molecule is CCC(C)N(C)CCn1cccc1C=O. The van der Waals surface area contributed by atoms with Gasteiger partial charge in [-0.05, 0) is 32.5 Å². The number of aromatic nitrogens is 1. The van der Waals surface area contributed by atoms with Crippen molar-refractivity contribution in [3.8, 4) is 0 Å². The van der Waals surface area contributed by atoms with Gasteiger partial charge in [0.2, 0.25) is 0 Å². The quantitative estimate of drug-likeness (QED) is 0.668. The highest BCUT2D eigenvalue weighted by atomic mass is 16.1. The van der Waals surface area contributed by atoms with Gasteiger partial charge in [0, 0.05) is 25.3 Å². The molecule has 0 spiro atoms. The zero-order valence-electron chi connectivity index (χ0n) is 9.81. The molecule has 1 aromatic rings. The number of likely N-dealkylation sites (N-methyl/N-ethyl adjacent to an activating group) is 1. The third-order valence-electron chi connectivity index (χ3n) is 3.02. The summed E-state index contributed by atoms with van der Waals surface area (Å²) in [5.74, 6) is 0. The van der Waals surface area contributed by atoms with Gasteiger partial charge in [-0.3, -0.25) is 4.79 Å². The van der Waals surface area contributed by atoms with Gasteiger partial charge in [-0.15, -0.1) is 0 Å². The van der Waals surface area contributed by atoms with Gasteiger partial charge in [-0.25, -0.2) is 0 Å². The van der Waals surface area contributed by atoms with E-state index in [-0.39, 0.29) is 0 Å². The minimum atomic E-state index is 0.597. The Morgan fingerprint density at radius 1 is 1.60 bits per heavy atom. The molecular weight excluding hydrogens is 188 g/mol. The molecule has 0 saturated carbocycles. The van der Waals surface area contributed by atoms with E-state index in [1.165, 1.54) is 0 Å². The molecule has 0 bridgehead atoms. The van der Waals surface area contributed by atoms with Crippen molar-refractivity contribution in [2.75, 3.05) is 13.6 Å². The topological polar surface area (TPSA) is 25.2 Å². The molecule has 0 aliphatic carbocycles. The van der Waals surface area contributed by atoms with Gasteiger partial charge < -0.3 is 9.47 Å². The lowest BCUT2D eigenvalue weighted by Crippen LogP contribution is -2.31. The van der Waals surface area contributed by atoms with Crippen molar-refractivity contribution in [3.63, 3.8) is 0 Å². The predicted molar refractivity (Wildman–Crippen MR) is 62.2 cm³/mol. The lowest BCUT2D eigenvalue weighted by Gasteiger charge is -2.23. The highest BCUT2D eigenvalue weighted by Crippen LogP contribution is 2.03. The van der Waals surface area contributed by atoms with E-state index < -0.39 is 0 Å². The van der Waals surface area contributed by atoms with Crippen molar-refractivity contribution in [2.45, 2.75) is 32.9 Å². The summed E-state index contributed by atoms with van der Waals surface area (Å²) >= 11 is 0. The molecule has 1 unspecified atom stereocenters. The molecule has 0 N–H and O–H groups in total. The molecular formula is C12H20N2O. The summed E-state index contributed by atoms with van der Waals surface area (Å²) in [4.78, 5) is 13.0. The van der Waals surface area contributed by atoms with Crippen molar-refractivity contribution in [3.05, 3.63) is 24.0 Å². The molecule has 1 aromatic heterocycles. The zero-order valence-corrected chi connectivity index (χ0v) is 9.81. The van der Waals surface area contributed by atoms with Crippen molar-refractivity contribution in [2.24, 2.45) is 0 Å². The predicted octanol–water partition coefficient (Wildman–Crippen LogP) is 2.03. The second-order valence-corrected chi connectivity index (χ2v) is 3.98. The van der Waals surface area contributed by atoms with Gasteiger partial charge in [0.15, 0.2) is 6.29 Å². The van der Waals surface area contributed by atoms with Crippen molar-refractivity contribution < 1.29 is 4.79 Å². The first-order valence-corrected chi connectivity index (χ1v) is 5.49. The Bertz CT molecular complexity index is 306. The molecule has 84 valence electrons. The summed E-state index contributed by atoms with van der Waals surface area (Å²) in [5, 5.41) is 0. The van der Waals surface area contributed by atoms with Crippen LogP contribution in [-0.4, -0.2) is 35.4 Å². The number of hydrogen-bond acceptors (Lipinski definition) is 2. The number of rotatable bonds is 6. The van der Waals surface area contributed by atoms with Crippen LogP contribution in [0.1, 0.15) is 30.8 Å². The minimum Gasteiger partial charge on any atom is -0.344 e. The molecule has 0 aromatic carbocycles. The first-order chi connectivity index (χ1) is 7.19. The van der Waals surface area contributed by atoms with E-state index in [4.69, 9.17) is 0 Å². The lowest BCUT2D eigenvalue weighted by molar-refractivity contribution is 0.111. The van der Waals surface area contributed by atoms with Crippen LogP contribution in [0.25, 0.3) is 0 Å². The number of carbonyl (C=O) groups excluding carboxylic acids is 1. The van der Waals surface area contributed by atoms with E-state index in [2.05, 4.69) is 25.8 Å². The van der Waals surface area contributed by atoms with Gasteiger partial charge in [0.25, 0.3) is 0 Å². The van der Waals surface area contributed by atoms with Crippen LogP contribution < -0.4 is 0 Å². The third-order valence-corrected chi connectivity index (χ3v) is 3.02. The van der Waals surface area contributed by atoms with Crippen LogP contribution in [0.4, 0.5) is 0 Å². The van der Waals surface area contributed by atoms with E-state index in [0.29, 0.717) is 6.04 Å². The fourth-order valence-corrected chi connectivity index (χ4v) is 1.54. The maximum atomic E-state index is 10.7. The molecule has 0 aliphatic heterocycles. The van der Waals surface area contributed by atoms with Crippen LogP contribution in [0, 0.1) is 0 Å². The maximum absolute atomic E-state index is 10.7. The summed E-state index contributed by atoms with van der Waals surface area (Å²) in [7, 11) is 2.12. The summed E-state index contributed by atoms with van der Waals surface area (Å²) in [6.45, 7) is 6.26. The molecule has 0 aliphatic rings. The van der Waals surface area contributed by atoms with E-state index >= 15 is 0 Å². The van der Waals surface area contributed by atoms with Crippen molar-refractivity contribution in [1.29, 1.82) is 0 Å². The Morgan fingerprint density at radius 2 is 2.33 bits per heavy atom. The van der Waals surface area contributed by atoms with Crippen LogP contribution in [0.5, 0.6) is 0 Å². The van der Waals surface area contributed by atoms with Crippen LogP contribution >= 0.6 is 0 Å². The van der Waals surface area contributed by atoms with E-state index in [1.54, 1.807) is 0 Å². The van der Waals surface area contributed by atoms with Gasteiger partial charge in [-0.1, -0.05) is 6.92 Å². The van der Waals surface area contributed by atoms with Gasteiger partial charge >= 0.3 is 0 Å². The van der Waals surface area contributed by atoms with Crippen molar-refractivity contribution >= 4 is 6.29 Å². The summed E-state index contributed by atoms with van der Waals surface area (Å²) < 4.78 is 1.99. The second-order valence-electron chi connectivity index (χ2n) is 3.98. The number of carbonyl (C=O) groups is 1. The first-order valence-electron chi connectivity index (χ1n) is 5.49. The fourth-order valence-electron chi connectivity index (χ4n) is 1.54. The smallest absolute Gasteiger partial charge is 0.166 e. The largest absolute Gasteiger partial charge is 0.344 e. The number of hydrogen-bond donors (Lipinski definition) is 0. The second kappa shape index (κ2) is 5.71. The monoisotopic (exact) mass is 208 g/mol. The Kier molecular flexibility index (Phi) is 4.56. The van der Waals surface area contributed by atoms with Gasteiger partial charge in [-0.2, -0.15) is 0 Å². The molecule has 1 rings (SSSR count). The zero-order chi connectivity index (χ0) is 11.3. The van der Waals surface area contributed by atoms with E-state index in [1.807, 2.05) is 22.9 Å². The Balaban J connectivity index is 2.46. The Hall–Kier alpha value is -1.09.